The molecule has 0 aromatic heterocycles. The lowest BCUT2D eigenvalue weighted by atomic mass is 10.0. The van der Waals surface area contributed by atoms with Crippen LogP contribution in [-0.2, 0) is 16.1 Å². The van der Waals surface area contributed by atoms with E-state index in [2.05, 4.69) is 21.2 Å². The maximum Gasteiger partial charge on any atom is 0.407 e. The molecule has 2 aromatic rings. The minimum absolute atomic E-state index is 0.0633. The normalized spacial score (nSPS) is 11.6. The molecule has 0 saturated heterocycles. The van der Waals surface area contributed by atoms with E-state index in [0.29, 0.717) is 12.8 Å². The number of amides is 1. The van der Waals surface area contributed by atoms with Crippen LogP contribution in [0.15, 0.2) is 59.1 Å². The van der Waals surface area contributed by atoms with E-state index in [1.165, 1.54) is 0 Å². The Labute approximate surface area is 155 Å². The summed E-state index contributed by atoms with van der Waals surface area (Å²) >= 11 is 3.38. The van der Waals surface area contributed by atoms with Crippen LogP contribution >= 0.6 is 15.9 Å². The number of benzene rings is 2. The summed E-state index contributed by atoms with van der Waals surface area (Å²) < 4.78 is 6.19. The van der Waals surface area contributed by atoms with Crippen molar-refractivity contribution in [3.63, 3.8) is 0 Å². The van der Waals surface area contributed by atoms with E-state index in [4.69, 9.17) is 9.84 Å². The van der Waals surface area contributed by atoms with Crippen molar-refractivity contribution in [1.29, 1.82) is 0 Å². The molecule has 2 rings (SSSR count). The summed E-state index contributed by atoms with van der Waals surface area (Å²) in [6, 6.07) is 16.7. The maximum absolute atomic E-state index is 12.1. The highest BCUT2D eigenvalue weighted by Crippen LogP contribution is 2.22. The number of carbonyl (C=O) groups is 2. The lowest BCUT2D eigenvalue weighted by Crippen LogP contribution is -2.29. The van der Waals surface area contributed by atoms with Gasteiger partial charge in [-0.05, 0) is 36.1 Å². The molecular formula is C19H20BrNO4. The summed E-state index contributed by atoms with van der Waals surface area (Å²) in [7, 11) is 0. The van der Waals surface area contributed by atoms with Gasteiger partial charge in [0.15, 0.2) is 0 Å². The predicted molar refractivity (Wildman–Crippen MR) is 98.1 cm³/mol. The SMILES string of the molecule is O=C(O)CCCC(NC(=O)OCc1ccccc1)c1ccc(Br)cc1. The Kier molecular flexibility index (Phi) is 7.47. The lowest BCUT2D eigenvalue weighted by Gasteiger charge is -2.19. The monoisotopic (exact) mass is 405 g/mol. The van der Waals surface area contributed by atoms with Crippen molar-refractivity contribution in [2.45, 2.75) is 31.9 Å². The number of aliphatic carboxylic acids is 1. The number of rotatable bonds is 8. The van der Waals surface area contributed by atoms with Crippen molar-refractivity contribution >= 4 is 28.0 Å². The quantitative estimate of drug-likeness (QED) is 0.668. The van der Waals surface area contributed by atoms with Gasteiger partial charge < -0.3 is 15.2 Å². The third-order valence-corrected chi connectivity index (χ3v) is 4.19. The largest absolute Gasteiger partial charge is 0.481 e. The van der Waals surface area contributed by atoms with Crippen molar-refractivity contribution in [1.82, 2.24) is 5.32 Å². The fourth-order valence-electron chi connectivity index (χ4n) is 2.38. The molecule has 0 bridgehead atoms. The summed E-state index contributed by atoms with van der Waals surface area (Å²) in [6.07, 6.45) is 0.532. The van der Waals surface area contributed by atoms with E-state index in [0.717, 1.165) is 15.6 Å². The second kappa shape index (κ2) is 9.84. The van der Waals surface area contributed by atoms with Crippen LogP contribution in [0.4, 0.5) is 4.79 Å². The van der Waals surface area contributed by atoms with Crippen molar-refractivity contribution in [2.24, 2.45) is 0 Å². The second-order valence-corrected chi connectivity index (χ2v) is 6.51. The van der Waals surface area contributed by atoms with Crippen LogP contribution in [-0.4, -0.2) is 17.2 Å². The number of alkyl carbamates (subject to hydrolysis) is 1. The first kappa shape index (κ1) is 19.0. The van der Waals surface area contributed by atoms with Gasteiger partial charge in [0.05, 0.1) is 6.04 Å². The molecule has 0 heterocycles. The number of hydrogen-bond acceptors (Lipinski definition) is 3. The van der Waals surface area contributed by atoms with E-state index in [1.54, 1.807) is 0 Å². The Morgan fingerprint density at radius 3 is 2.40 bits per heavy atom. The van der Waals surface area contributed by atoms with Gasteiger partial charge in [0.25, 0.3) is 0 Å². The molecule has 0 spiro atoms. The van der Waals surface area contributed by atoms with Gasteiger partial charge in [-0.3, -0.25) is 4.79 Å². The number of ether oxygens (including phenoxy) is 1. The van der Waals surface area contributed by atoms with Crippen LogP contribution in [0.25, 0.3) is 0 Å². The molecule has 0 aliphatic carbocycles. The van der Waals surface area contributed by atoms with Crippen molar-refractivity contribution in [3.8, 4) is 0 Å². The average Bonchev–Trinajstić information content (AvgIpc) is 2.60. The van der Waals surface area contributed by atoms with Crippen LogP contribution in [0.3, 0.4) is 0 Å². The van der Waals surface area contributed by atoms with Gasteiger partial charge in [-0.25, -0.2) is 4.79 Å². The van der Waals surface area contributed by atoms with E-state index in [-0.39, 0.29) is 19.1 Å². The Balaban J connectivity index is 1.95. The Bertz CT molecular complexity index is 688. The molecule has 0 aliphatic heterocycles. The van der Waals surface area contributed by atoms with Crippen LogP contribution < -0.4 is 5.32 Å². The smallest absolute Gasteiger partial charge is 0.407 e. The third-order valence-electron chi connectivity index (χ3n) is 3.66. The topological polar surface area (TPSA) is 75.6 Å². The number of hydrogen-bond donors (Lipinski definition) is 2. The highest BCUT2D eigenvalue weighted by Gasteiger charge is 2.16. The Morgan fingerprint density at radius 1 is 1.08 bits per heavy atom. The molecule has 132 valence electrons. The van der Waals surface area contributed by atoms with Gasteiger partial charge >= 0.3 is 12.1 Å². The standard InChI is InChI=1S/C19H20BrNO4/c20-16-11-9-15(10-12-16)17(7-4-8-18(22)23)21-19(24)25-13-14-5-2-1-3-6-14/h1-3,5-6,9-12,17H,4,7-8,13H2,(H,21,24)(H,22,23). The Hall–Kier alpha value is -2.34. The molecule has 1 atom stereocenters. The third kappa shape index (κ3) is 6.97. The summed E-state index contributed by atoms with van der Waals surface area (Å²) in [6.45, 7) is 0.189. The summed E-state index contributed by atoms with van der Waals surface area (Å²) in [4.78, 5) is 22.8. The molecule has 2 aromatic carbocycles. The minimum atomic E-state index is -0.846. The number of nitrogens with one attached hydrogen (secondary N) is 1. The lowest BCUT2D eigenvalue weighted by molar-refractivity contribution is -0.137. The summed E-state index contributed by atoms with van der Waals surface area (Å²) in [5, 5.41) is 11.6. The van der Waals surface area contributed by atoms with Crippen LogP contribution in [0.5, 0.6) is 0 Å². The van der Waals surface area contributed by atoms with Crippen LogP contribution in [0.2, 0.25) is 0 Å². The fraction of sp³-hybridized carbons (Fsp3) is 0.263. The van der Waals surface area contributed by atoms with Gasteiger partial charge in [-0.15, -0.1) is 0 Å². The molecule has 2 N–H and O–H groups in total. The van der Waals surface area contributed by atoms with Crippen molar-refractivity contribution < 1.29 is 19.4 Å². The van der Waals surface area contributed by atoms with Gasteiger partial charge in [-0.1, -0.05) is 58.4 Å². The number of carboxylic acid groups (broad SMARTS) is 1. The van der Waals surface area contributed by atoms with Gasteiger partial charge in [0.2, 0.25) is 0 Å². The first-order valence-electron chi connectivity index (χ1n) is 7.99. The number of carboxylic acids is 1. The zero-order chi connectivity index (χ0) is 18.1. The first-order valence-corrected chi connectivity index (χ1v) is 8.78. The minimum Gasteiger partial charge on any atom is -0.481 e. The van der Waals surface area contributed by atoms with Crippen LogP contribution in [0, 0.1) is 0 Å². The van der Waals surface area contributed by atoms with E-state index in [1.807, 2.05) is 54.6 Å². The molecule has 1 amide bonds. The zero-order valence-electron chi connectivity index (χ0n) is 13.7. The molecule has 0 radical (unpaired) electrons. The van der Waals surface area contributed by atoms with Crippen LogP contribution in [0.1, 0.15) is 36.4 Å². The second-order valence-electron chi connectivity index (χ2n) is 5.60. The summed E-state index contributed by atoms with van der Waals surface area (Å²) in [5.41, 5.74) is 1.81. The first-order chi connectivity index (χ1) is 12.0. The zero-order valence-corrected chi connectivity index (χ0v) is 15.2. The molecule has 6 heteroatoms. The van der Waals surface area contributed by atoms with E-state index in [9.17, 15) is 9.59 Å². The highest BCUT2D eigenvalue weighted by molar-refractivity contribution is 9.10. The summed E-state index contributed by atoms with van der Waals surface area (Å²) in [5.74, 6) is -0.846. The molecule has 0 aliphatic rings. The molecule has 5 nitrogen and oxygen atoms in total. The molecular weight excluding hydrogens is 386 g/mol. The van der Waals surface area contributed by atoms with Gasteiger partial charge in [-0.2, -0.15) is 0 Å². The number of halogens is 1. The predicted octanol–water partition coefficient (Wildman–Crippen LogP) is 4.67. The maximum atomic E-state index is 12.1. The fourth-order valence-corrected chi connectivity index (χ4v) is 2.65. The van der Waals surface area contributed by atoms with Gasteiger partial charge in [0, 0.05) is 10.9 Å². The van der Waals surface area contributed by atoms with E-state index >= 15 is 0 Å². The van der Waals surface area contributed by atoms with E-state index < -0.39 is 12.1 Å². The van der Waals surface area contributed by atoms with Crippen molar-refractivity contribution in [2.75, 3.05) is 0 Å². The molecule has 25 heavy (non-hydrogen) atoms. The van der Waals surface area contributed by atoms with Gasteiger partial charge in [0.1, 0.15) is 6.61 Å². The molecule has 0 fully saturated rings. The molecule has 1 unspecified atom stereocenters. The average molecular weight is 406 g/mol. The number of carbonyl (C=O) groups excluding carboxylic acids is 1. The van der Waals surface area contributed by atoms with Crippen molar-refractivity contribution in [3.05, 3.63) is 70.2 Å². The highest BCUT2D eigenvalue weighted by atomic mass is 79.9. The molecule has 0 saturated carbocycles. The Morgan fingerprint density at radius 2 is 1.76 bits per heavy atom.